The van der Waals surface area contributed by atoms with Gasteiger partial charge >= 0.3 is 0 Å². The number of halogens is 1. The van der Waals surface area contributed by atoms with E-state index in [1.54, 1.807) is 0 Å². The first-order chi connectivity index (χ1) is 15.4. The van der Waals surface area contributed by atoms with Crippen molar-refractivity contribution < 1.29 is 14.7 Å². The Morgan fingerprint density at radius 3 is 2.59 bits per heavy atom. The summed E-state index contributed by atoms with van der Waals surface area (Å²) in [6.45, 7) is 0.349. The predicted molar refractivity (Wildman–Crippen MR) is 126 cm³/mol. The van der Waals surface area contributed by atoms with Crippen molar-refractivity contribution in [3.8, 4) is 5.75 Å². The van der Waals surface area contributed by atoms with Gasteiger partial charge in [0.25, 0.3) is 0 Å². The van der Waals surface area contributed by atoms with E-state index < -0.39 is 5.91 Å². The van der Waals surface area contributed by atoms with Gasteiger partial charge in [-0.3, -0.25) is 9.59 Å². The zero-order valence-electron chi connectivity index (χ0n) is 17.7. The third-order valence-electron chi connectivity index (χ3n) is 5.52. The van der Waals surface area contributed by atoms with Crippen LogP contribution < -0.4 is 11.1 Å². The summed E-state index contributed by atoms with van der Waals surface area (Å²) in [5.41, 5.74) is 7.14. The Morgan fingerprint density at radius 1 is 1.19 bits per heavy atom. The number of benzene rings is 2. The normalized spacial score (nSPS) is 13.8. The van der Waals surface area contributed by atoms with Crippen LogP contribution in [0.5, 0.6) is 5.75 Å². The maximum atomic E-state index is 12.2. The number of nitrogens with two attached hydrogens (primary N) is 1. The second-order valence-electron chi connectivity index (χ2n) is 7.80. The molecule has 0 atom stereocenters. The number of nitrogens with zero attached hydrogens (tertiary/aromatic N) is 1. The summed E-state index contributed by atoms with van der Waals surface area (Å²) in [7, 11) is 0. The van der Waals surface area contributed by atoms with E-state index in [0.29, 0.717) is 12.6 Å². The van der Waals surface area contributed by atoms with Gasteiger partial charge in [-0.15, -0.1) is 0 Å². The summed E-state index contributed by atoms with van der Waals surface area (Å²) in [4.78, 5) is 22.7. The van der Waals surface area contributed by atoms with Crippen LogP contribution in [0.3, 0.4) is 0 Å². The number of carbonyl (C=O) groups is 2. The van der Waals surface area contributed by atoms with Crippen molar-refractivity contribution in [2.75, 3.05) is 0 Å². The fourth-order valence-corrected chi connectivity index (χ4v) is 4.03. The predicted octanol–water partition coefficient (Wildman–Crippen LogP) is 4.23. The van der Waals surface area contributed by atoms with Crippen LogP contribution in [-0.4, -0.2) is 33.7 Å². The molecule has 1 aliphatic carbocycles. The van der Waals surface area contributed by atoms with Crippen molar-refractivity contribution in [3.05, 3.63) is 64.8 Å². The maximum Gasteiger partial charge on any atom is 0.248 e. The van der Waals surface area contributed by atoms with E-state index in [2.05, 4.69) is 5.32 Å². The molecule has 32 heavy (non-hydrogen) atoms. The first-order valence-corrected chi connectivity index (χ1v) is 10.9. The molecule has 1 heterocycles. The van der Waals surface area contributed by atoms with Crippen LogP contribution in [0.1, 0.15) is 48.0 Å². The van der Waals surface area contributed by atoms with Gasteiger partial charge in [0.1, 0.15) is 12.3 Å². The molecule has 0 bridgehead atoms. The number of nitrogens with one attached hydrogen (secondary N) is 2. The van der Waals surface area contributed by atoms with Gasteiger partial charge in [-0.25, -0.2) is 0 Å². The van der Waals surface area contributed by atoms with Crippen LogP contribution in [0, 0.1) is 5.41 Å². The molecule has 0 aliphatic heterocycles. The molecule has 1 fully saturated rings. The van der Waals surface area contributed by atoms with E-state index in [-0.39, 0.29) is 22.2 Å². The lowest BCUT2D eigenvalue weighted by molar-refractivity contribution is -0.122. The highest BCUT2D eigenvalue weighted by Gasteiger charge is 2.16. The largest absolute Gasteiger partial charge is 0.506 e. The lowest BCUT2D eigenvalue weighted by atomic mass is 9.95. The van der Waals surface area contributed by atoms with Crippen LogP contribution in [0.15, 0.2) is 48.7 Å². The number of hydrogen-bond donors (Lipinski definition) is 4. The van der Waals surface area contributed by atoms with Gasteiger partial charge in [0, 0.05) is 40.5 Å². The van der Waals surface area contributed by atoms with E-state index in [0.717, 1.165) is 29.3 Å². The minimum absolute atomic E-state index is 0.0586. The zero-order valence-corrected chi connectivity index (χ0v) is 18.4. The van der Waals surface area contributed by atoms with Gasteiger partial charge < -0.3 is 26.1 Å². The number of carbonyl (C=O) groups excluding carboxylic acids is 2. The number of amides is 2. The molecule has 0 spiro atoms. The highest BCUT2D eigenvalue weighted by molar-refractivity contribution is 6.32. The lowest BCUT2D eigenvalue weighted by Gasteiger charge is -2.22. The third-order valence-corrected chi connectivity index (χ3v) is 5.82. The second-order valence-corrected chi connectivity index (χ2v) is 8.21. The number of phenols is 1. The first kappa shape index (κ1) is 23.3. The molecule has 4 rings (SSSR count). The molecule has 0 unspecified atom stereocenters. The van der Waals surface area contributed by atoms with Crippen LogP contribution in [0.4, 0.5) is 0 Å². The van der Waals surface area contributed by atoms with Crippen LogP contribution in [0.2, 0.25) is 5.02 Å². The number of fused-ring (bicyclic) bond motifs is 1. The highest BCUT2D eigenvalue weighted by Crippen LogP contribution is 2.23. The molecule has 168 valence electrons. The summed E-state index contributed by atoms with van der Waals surface area (Å²) in [5.74, 6) is -0.539. The summed E-state index contributed by atoms with van der Waals surface area (Å²) in [6.07, 6.45) is 9.24. The quantitative estimate of drug-likeness (QED) is 0.431. The Hall–Kier alpha value is -3.32. The summed E-state index contributed by atoms with van der Waals surface area (Å²) >= 11 is 5.50. The standard InChI is InChI=1S/C17H21N3O.C7H6ClNO2/c18-11-13-5-4-8-16-15(13)9-10-20(16)12-17(21)19-14-6-2-1-3-7-14;8-5-3-4(7(9)11)1-2-6(5)10/h4-5,8-11,14,18H,1-3,6-7,12H2,(H,19,21);1-3,10H,(H2,9,11). The Morgan fingerprint density at radius 2 is 1.94 bits per heavy atom. The first-order valence-electron chi connectivity index (χ1n) is 10.5. The van der Waals surface area contributed by atoms with Gasteiger partial charge in [-0.05, 0) is 43.2 Å². The average molecular weight is 455 g/mol. The fraction of sp³-hybridized carbons (Fsp3) is 0.292. The van der Waals surface area contributed by atoms with Crippen molar-refractivity contribution >= 4 is 40.5 Å². The molecular weight excluding hydrogens is 428 g/mol. The smallest absolute Gasteiger partial charge is 0.248 e. The second kappa shape index (κ2) is 10.8. The van der Waals surface area contributed by atoms with Crippen LogP contribution >= 0.6 is 11.6 Å². The van der Waals surface area contributed by atoms with Crippen molar-refractivity contribution in [3.63, 3.8) is 0 Å². The Balaban J connectivity index is 0.000000222. The Labute approximate surface area is 191 Å². The Bertz CT molecular complexity index is 1120. The van der Waals surface area contributed by atoms with E-state index in [1.807, 2.05) is 35.0 Å². The maximum absolute atomic E-state index is 12.2. The molecular formula is C24H27ClN4O3. The number of aromatic nitrogens is 1. The minimum atomic E-state index is -0.563. The number of aromatic hydroxyl groups is 1. The van der Waals surface area contributed by atoms with Crippen LogP contribution in [0.25, 0.3) is 10.9 Å². The molecule has 1 aromatic heterocycles. The molecule has 1 saturated carbocycles. The molecule has 3 aromatic rings. The molecule has 0 saturated heterocycles. The molecule has 1 aliphatic rings. The molecule has 8 heteroatoms. The number of rotatable bonds is 5. The number of hydrogen-bond acceptors (Lipinski definition) is 4. The lowest BCUT2D eigenvalue weighted by Crippen LogP contribution is -2.38. The molecule has 7 nitrogen and oxygen atoms in total. The van der Waals surface area contributed by atoms with E-state index >= 15 is 0 Å². The van der Waals surface area contributed by atoms with Crippen molar-refractivity contribution in [1.29, 1.82) is 5.41 Å². The number of primary amides is 1. The highest BCUT2D eigenvalue weighted by atomic mass is 35.5. The van der Waals surface area contributed by atoms with Crippen molar-refractivity contribution in [2.45, 2.75) is 44.7 Å². The molecule has 0 radical (unpaired) electrons. The van der Waals surface area contributed by atoms with Crippen LogP contribution in [-0.2, 0) is 11.3 Å². The SMILES string of the molecule is N=Cc1cccc2c1ccn2CC(=O)NC1CCCCC1.NC(=O)c1ccc(O)c(Cl)c1. The minimum Gasteiger partial charge on any atom is -0.506 e. The molecule has 2 amide bonds. The summed E-state index contributed by atoms with van der Waals surface area (Å²) < 4.78 is 1.96. The number of phenolic OH excluding ortho intramolecular Hbond substituents is 1. The van der Waals surface area contributed by atoms with E-state index in [1.165, 1.54) is 43.7 Å². The zero-order chi connectivity index (χ0) is 23.1. The van der Waals surface area contributed by atoms with Crippen molar-refractivity contribution in [2.24, 2.45) is 5.73 Å². The van der Waals surface area contributed by atoms with E-state index in [9.17, 15) is 9.59 Å². The van der Waals surface area contributed by atoms with Gasteiger partial charge in [0.2, 0.25) is 11.8 Å². The van der Waals surface area contributed by atoms with Gasteiger partial charge in [0.15, 0.2) is 0 Å². The van der Waals surface area contributed by atoms with Gasteiger partial charge in [-0.2, -0.15) is 0 Å². The summed E-state index contributed by atoms with van der Waals surface area (Å²) in [6, 6.07) is 12.2. The fourth-order valence-electron chi connectivity index (χ4n) is 3.85. The Kier molecular flexibility index (Phi) is 7.89. The molecule has 2 aromatic carbocycles. The monoisotopic (exact) mass is 454 g/mol. The van der Waals surface area contributed by atoms with Gasteiger partial charge in [0.05, 0.1) is 5.02 Å². The van der Waals surface area contributed by atoms with Gasteiger partial charge in [-0.1, -0.05) is 43.0 Å². The van der Waals surface area contributed by atoms with E-state index in [4.69, 9.17) is 27.9 Å². The molecule has 5 N–H and O–H groups in total. The third kappa shape index (κ3) is 5.88. The topological polar surface area (TPSA) is 121 Å². The average Bonchev–Trinajstić information content (AvgIpc) is 3.19. The summed E-state index contributed by atoms with van der Waals surface area (Å²) in [5, 5.41) is 20.7. The van der Waals surface area contributed by atoms with Crippen molar-refractivity contribution in [1.82, 2.24) is 9.88 Å².